The first-order valence-corrected chi connectivity index (χ1v) is 8.98. The third-order valence-corrected chi connectivity index (χ3v) is 4.12. The van der Waals surface area contributed by atoms with E-state index in [-0.39, 0.29) is 11.8 Å². The smallest absolute Gasteiger partial charge is 0.357 e. The molecule has 140 valence electrons. The van der Waals surface area contributed by atoms with Crippen molar-refractivity contribution in [2.75, 3.05) is 13.7 Å². The van der Waals surface area contributed by atoms with Crippen molar-refractivity contribution in [2.45, 2.75) is 46.3 Å². The molecule has 0 fully saturated rings. The highest BCUT2D eigenvalue weighted by atomic mass is 16.5. The highest BCUT2D eigenvalue weighted by Crippen LogP contribution is 2.30. The van der Waals surface area contributed by atoms with Crippen LogP contribution in [0.15, 0.2) is 36.4 Å². The van der Waals surface area contributed by atoms with Crippen LogP contribution in [0.3, 0.4) is 0 Å². The van der Waals surface area contributed by atoms with Crippen LogP contribution in [0.5, 0.6) is 5.88 Å². The summed E-state index contributed by atoms with van der Waals surface area (Å²) in [4.78, 5) is 16.5. The Morgan fingerprint density at radius 3 is 2.54 bits per heavy atom. The molecule has 0 radical (unpaired) electrons. The fourth-order valence-electron chi connectivity index (χ4n) is 2.71. The maximum absolute atomic E-state index is 12.2. The lowest BCUT2D eigenvalue weighted by Crippen LogP contribution is -2.13. The van der Waals surface area contributed by atoms with Crippen molar-refractivity contribution in [3.63, 3.8) is 0 Å². The molecular formula is C21H27NO4. The van der Waals surface area contributed by atoms with Crippen LogP contribution in [-0.2, 0) is 16.1 Å². The van der Waals surface area contributed by atoms with Gasteiger partial charge in [-0.25, -0.2) is 9.78 Å². The molecule has 1 heterocycles. The molecule has 1 aromatic heterocycles. The van der Waals surface area contributed by atoms with Crippen LogP contribution in [0.25, 0.3) is 0 Å². The molecule has 0 bridgehead atoms. The topological polar surface area (TPSA) is 57.7 Å². The number of rotatable bonds is 9. The average Bonchev–Trinajstić information content (AvgIpc) is 2.68. The number of hydrogen-bond acceptors (Lipinski definition) is 5. The summed E-state index contributed by atoms with van der Waals surface area (Å²) in [5, 5.41) is 0. The molecule has 5 nitrogen and oxygen atoms in total. The fourth-order valence-corrected chi connectivity index (χ4v) is 2.71. The van der Waals surface area contributed by atoms with Gasteiger partial charge in [0.1, 0.15) is 0 Å². The van der Waals surface area contributed by atoms with Gasteiger partial charge in [-0.3, -0.25) is 0 Å². The van der Waals surface area contributed by atoms with Crippen LogP contribution in [-0.4, -0.2) is 24.7 Å². The van der Waals surface area contributed by atoms with Crippen LogP contribution < -0.4 is 4.74 Å². The van der Waals surface area contributed by atoms with E-state index in [2.05, 4.69) is 11.9 Å². The van der Waals surface area contributed by atoms with E-state index in [0.717, 1.165) is 29.5 Å². The van der Waals surface area contributed by atoms with Crippen molar-refractivity contribution in [1.82, 2.24) is 4.98 Å². The van der Waals surface area contributed by atoms with E-state index in [1.807, 2.05) is 44.2 Å². The molecule has 1 atom stereocenters. The Morgan fingerprint density at radius 2 is 1.92 bits per heavy atom. The van der Waals surface area contributed by atoms with Gasteiger partial charge in [0.15, 0.2) is 5.69 Å². The number of benzene rings is 1. The van der Waals surface area contributed by atoms with E-state index in [4.69, 9.17) is 14.2 Å². The molecule has 0 aliphatic heterocycles. The van der Waals surface area contributed by atoms with E-state index < -0.39 is 5.97 Å². The number of nitrogens with zero attached hydrogens (tertiary/aromatic N) is 1. The Balaban J connectivity index is 2.27. The van der Waals surface area contributed by atoms with Gasteiger partial charge in [0, 0.05) is 5.56 Å². The quantitative estimate of drug-likeness (QED) is 0.612. The molecule has 0 saturated heterocycles. The molecule has 0 amide bonds. The second kappa shape index (κ2) is 9.92. The molecule has 5 heteroatoms. The number of aromatic nitrogens is 1. The summed E-state index contributed by atoms with van der Waals surface area (Å²) in [6.07, 6.45) is 1.37. The predicted octanol–water partition coefficient (Wildman–Crippen LogP) is 4.63. The largest absolute Gasteiger partial charge is 0.481 e. The molecule has 1 unspecified atom stereocenters. The van der Waals surface area contributed by atoms with Crippen LogP contribution in [0.4, 0.5) is 0 Å². The Hall–Kier alpha value is -2.40. The number of ether oxygens (including phenoxy) is 3. The number of pyridine rings is 1. The lowest BCUT2D eigenvalue weighted by molar-refractivity contribution is 0.0361. The predicted molar refractivity (Wildman–Crippen MR) is 100 cm³/mol. The average molecular weight is 357 g/mol. The summed E-state index contributed by atoms with van der Waals surface area (Å²) < 4.78 is 16.7. The van der Waals surface area contributed by atoms with E-state index in [1.165, 1.54) is 0 Å². The van der Waals surface area contributed by atoms with Crippen LogP contribution in [0, 0.1) is 6.92 Å². The monoisotopic (exact) mass is 357 g/mol. The SMILES string of the molecule is CCCOC(=O)c1cc(C(CC)OCc2ccccc2)c(C)c(OC)n1. The third kappa shape index (κ3) is 5.05. The van der Waals surface area contributed by atoms with Crippen molar-refractivity contribution in [2.24, 2.45) is 0 Å². The minimum absolute atomic E-state index is 0.162. The number of esters is 1. The normalized spacial score (nSPS) is 11.8. The zero-order chi connectivity index (χ0) is 18.9. The maximum atomic E-state index is 12.2. The first-order chi connectivity index (χ1) is 12.6. The van der Waals surface area contributed by atoms with Gasteiger partial charge in [0.05, 0.1) is 26.4 Å². The third-order valence-electron chi connectivity index (χ3n) is 4.12. The van der Waals surface area contributed by atoms with Gasteiger partial charge in [0.2, 0.25) is 5.88 Å². The number of hydrogen-bond donors (Lipinski definition) is 0. The molecule has 0 aliphatic rings. The van der Waals surface area contributed by atoms with Crippen molar-refractivity contribution >= 4 is 5.97 Å². The molecule has 0 aliphatic carbocycles. The zero-order valence-electron chi connectivity index (χ0n) is 16.0. The van der Waals surface area contributed by atoms with Crippen molar-refractivity contribution in [3.8, 4) is 5.88 Å². The molecule has 1 aromatic carbocycles. The van der Waals surface area contributed by atoms with E-state index >= 15 is 0 Å². The molecule has 26 heavy (non-hydrogen) atoms. The first kappa shape index (κ1) is 19.9. The fraction of sp³-hybridized carbons (Fsp3) is 0.429. The zero-order valence-corrected chi connectivity index (χ0v) is 16.0. The molecule has 2 rings (SSSR count). The lowest BCUT2D eigenvalue weighted by Gasteiger charge is -2.20. The van der Waals surface area contributed by atoms with E-state index in [1.54, 1.807) is 13.2 Å². The summed E-state index contributed by atoms with van der Waals surface area (Å²) in [7, 11) is 1.55. The van der Waals surface area contributed by atoms with Crippen molar-refractivity contribution in [3.05, 3.63) is 58.8 Å². The summed E-state index contributed by atoms with van der Waals surface area (Å²) in [6.45, 7) is 6.80. The Kier molecular flexibility index (Phi) is 7.60. The minimum atomic E-state index is -0.440. The number of carbonyl (C=O) groups is 1. The van der Waals surface area contributed by atoms with Gasteiger partial charge in [-0.05, 0) is 37.0 Å². The van der Waals surface area contributed by atoms with Crippen molar-refractivity contribution in [1.29, 1.82) is 0 Å². The summed E-state index contributed by atoms with van der Waals surface area (Å²) in [6, 6.07) is 11.8. The van der Waals surface area contributed by atoms with Crippen LogP contribution in [0.1, 0.15) is 60.0 Å². The maximum Gasteiger partial charge on any atom is 0.357 e. The lowest BCUT2D eigenvalue weighted by atomic mass is 10.0. The van der Waals surface area contributed by atoms with E-state index in [0.29, 0.717) is 19.1 Å². The van der Waals surface area contributed by atoms with Gasteiger partial charge in [-0.15, -0.1) is 0 Å². The number of methoxy groups -OCH3 is 1. The van der Waals surface area contributed by atoms with E-state index in [9.17, 15) is 4.79 Å². The molecule has 0 spiro atoms. The Bertz CT molecular complexity index is 715. The van der Waals surface area contributed by atoms with Crippen LogP contribution >= 0.6 is 0 Å². The summed E-state index contributed by atoms with van der Waals surface area (Å²) in [5.41, 5.74) is 3.13. The Labute approximate surface area is 155 Å². The molecule has 0 saturated carbocycles. The molecule has 2 aromatic rings. The van der Waals surface area contributed by atoms with Gasteiger partial charge in [0.25, 0.3) is 0 Å². The second-order valence-corrected chi connectivity index (χ2v) is 6.06. The second-order valence-electron chi connectivity index (χ2n) is 6.06. The van der Waals surface area contributed by atoms with Gasteiger partial charge in [-0.1, -0.05) is 44.2 Å². The van der Waals surface area contributed by atoms with Crippen LogP contribution in [0.2, 0.25) is 0 Å². The van der Waals surface area contributed by atoms with Gasteiger partial charge >= 0.3 is 5.97 Å². The van der Waals surface area contributed by atoms with Crippen molar-refractivity contribution < 1.29 is 19.0 Å². The molecule has 0 N–H and O–H groups in total. The highest BCUT2D eigenvalue weighted by Gasteiger charge is 2.21. The highest BCUT2D eigenvalue weighted by molar-refractivity contribution is 5.87. The first-order valence-electron chi connectivity index (χ1n) is 8.98. The standard InChI is InChI=1S/C21H27NO4/c1-5-12-25-21(23)18-13-17(15(3)20(22-18)24-4)19(6-2)26-14-16-10-8-7-9-11-16/h7-11,13,19H,5-6,12,14H2,1-4H3. The minimum Gasteiger partial charge on any atom is -0.481 e. The van der Waals surface area contributed by atoms with Gasteiger partial charge in [-0.2, -0.15) is 0 Å². The number of carbonyl (C=O) groups excluding carboxylic acids is 1. The van der Waals surface area contributed by atoms with Gasteiger partial charge < -0.3 is 14.2 Å². The Morgan fingerprint density at radius 1 is 1.19 bits per heavy atom. The molecular weight excluding hydrogens is 330 g/mol. The summed E-state index contributed by atoms with van der Waals surface area (Å²) in [5.74, 6) is -0.0166. The summed E-state index contributed by atoms with van der Waals surface area (Å²) >= 11 is 0.